The first-order valence-electron chi connectivity index (χ1n) is 20.2. The summed E-state index contributed by atoms with van der Waals surface area (Å²) in [4.78, 5) is 10.2. The van der Waals surface area contributed by atoms with E-state index >= 15 is 0 Å². The smallest absolute Gasteiger partial charge is 0.160 e. The predicted molar refractivity (Wildman–Crippen MR) is 247 cm³/mol. The van der Waals surface area contributed by atoms with Crippen LogP contribution in [0.5, 0.6) is 0 Å². The molecule has 0 fully saturated rings. The number of benzene rings is 8. The molecule has 0 N–H and O–H groups in total. The molecule has 280 valence electrons. The van der Waals surface area contributed by atoms with E-state index in [0.717, 1.165) is 45.3 Å². The van der Waals surface area contributed by atoms with E-state index in [1.165, 1.54) is 71.4 Å². The van der Waals surface area contributed by atoms with Gasteiger partial charge in [-0.25, -0.2) is 9.97 Å². The number of aromatic nitrogens is 4. The van der Waals surface area contributed by atoms with Crippen molar-refractivity contribution in [3.05, 3.63) is 205 Å². The first-order chi connectivity index (χ1) is 29.0. The first kappa shape index (κ1) is 34.7. The van der Waals surface area contributed by atoms with Crippen LogP contribution >= 0.6 is 0 Å². The van der Waals surface area contributed by atoms with E-state index in [1.54, 1.807) is 0 Å². The molecule has 0 atom stereocenters. The van der Waals surface area contributed by atoms with Gasteiger partial charge in [0.25, 0.3) is 0 Å². The minimum Gasteiger partial charge on any atom is -0.309 e. The molecular weight excluding hydrogens is 717 g/mol. The fourth-order valence-corrected chi connectivity index (χ4v) is 8.97. The summed E-state index contributed by atoms with van der Waals surface area (Å²) in [5.74, 6) is 0.728. The monoisotopic (exact) mass is 756 g/mol. The fraction of sp³-hybridized carbons (Fsp3) is 0.0545. The molecule has 0 aliphatic carbocycles. The molecule has 0 aliphatic rings. The summed E-state index contributed by atoms with van der Waals surface area (Å²) in [5.41, 5.74) is 18.1. The lowest BCUT2D eigenvalue weighted by Gasteiger charge is -2.14. The third-order valence-electron chi connectivity index (χ3n) is 11.8. The van der Waals surface area contributed by atoms with Crippen molar-refractivity contribution in [1.82, 2.24) is 19.1 Å². The molecule has 0 spiro atoms. The number of fused-ring (bicyclic) bond motifs is 6. The Morgan fingerprint density at radius 2 is 0.831 bits per heavy atom. The van der Waals surface area contributed by atoms with E-state index in [1.807, 2.05) is 0 Å². The molecular formula is C55H40N4. The highest BCUT2D eigenvalue weighted by Gasteiger charge is 2.17. The third kappa shape index (κ3) is 5.92. The van der Waals surface area contributed by atoms with Crippen molar-refractivity contribution in [3.63, 3.8) is 0 Å². The summed E-state index contributed by atoms with van der Waals surface area (Å²) in [5, 5.41) is 5.01. The van der Waals surface area contributed by atoms with Gasteiger partial charge in [-0.2, -0.15) is 0 Å². The highest BCUT2D eigenvalue weighted by molar-refractivity contribution is 6.12. The van der Waals surface area contributed by atoms with Crippen molar-refractivity contribution in [2.75, 3.05) is 0 Å². The highest BCUT2D eigenvalue weighted by atomic mass is 15.0. The lowest BCUT2D eigenvalue weighted by Crippen LogP contribution is -1.97. The molecule has 3 heterocycles. The number of nitrogens with zero attached hydrogens (tertiary/aromatic N) is 4. The molecule has 11 aromatic rings. The number of hydrogen-bond donors (Lipinski definition) is 0. The molecule has 0 saturated carbocycles. The maximum Gasteiger partial charge on any atom is 0.160 e. The van der Waals surface area contributed by atoms with Crippen LogP contribution in [-0.4, -0.2) is 19.1 Å². The molecule has 59 heavy (non-hydrogen) atoms. The van der Waals surface area contributed by atoms with Gasteiger partial charge in [-0.15, -0.1) is 0 Å². The Kier molecular flexibility index (Phi) is 8.12. The molecule has 0 amide bonds. The van der Waals surface area contributed by atoms with Crippen LogP contribution in [-0.2, 0) is 0 Å². The number of rotatable bonds is 6. The van der Waals surface area contributed by atoms with Gasteiger partial charge < -0.3 is 9.13 Å². The molecule has 0 unspecified atom stereocenters. The van der Waals surface area contributed by atoms with Gasteiger partial charge in [0.2, 0.25) is 0 Å². The Morgan fingerprint density at radius 1 is 0.339 bits per heavy atom. The van der Waals surface area contributed by atoms with E-state index in [0.29, 0.717) is 0 Å². The summed E-state index contributed by atoms with van der Waals surface area (Å²) in [7, 11) is 0. The van der Waals surface area contributed by atoms with Crippen molar-refractivity contribution in [2.24, 2.45) is 0 Å². The van der Waals surface area contributed by atoms with Crippen LogP contribution in [0.2, 0.25) is 0 Å². The van der Waals surface area contributed by atoms with Crippen LogP contribution in [0.1, 0.15) is 16.7 Å². The number of aryl methyl sites for hydroxylation is 3. The zero-order chi connectivity index (χ0) is 39.6. The Morgan fingerprint density at radius 3 is 1.44 bits per heavy atom. The molecule has 0 aliphatic heterocycles. The fourth-order valence-electron chi connectivity index (χ4n) is 8.97. The van der Waals surface area contributed by atoms with E-state index < -0.39 is 0 Å². The molecule has 4 heteroatoms. The summed E-state index contributed by atoms with van der Waals surface area (Å²) in [6.07, 6.45) is 0. The molecule has 11 rings (SSSR count). The van der Waals surface area contributed by atoms with Gasteiger partial charge in [0.05, 0.1) is 33.5 Å². The average molecular weight is 757 g/mol. The van der Waals surface area contributed by atoms with E-state index in [2.05, 4.69) is 218 Å². The zero-order valence-corrected chi connectivity index (χ0v) is 33.2. The molecule has 0 saturated heterocycles. The topological polar surface area (TPSA) is 35.6 Å². The van der Waals surface area contributed by atoms with Gasteiger partial charge in [-0.3, -0.25) is 0 Å². The van der Waals surface area contributed by atoms with Gasteiger partial charge in [-0.1, -0.05) is 132 Å². The van der Waals surface area contributed by atoms with Crippen molar-refractivity contribution in [1.29, 1.82) is 0 Å². The van der Waals surface area contributed by atoms with Crippen LogP contribution in [0.4, 0.5) is 0 Å². The summed E-state index contributed by atoms with van der Waals surface area (Å²) >= 11 is 0. The molecule has 0 bridgehead atoms. The summed E-state index contributed by atoms with van der Waals surface area (Å²) in [6, 6.07) is 67.8. The third-order valence-corrected chi connectivity index (χ3v) is 11.8. The standard InChI is InChI=1S/C55H40N4/c1-35-12-10-14-40(30-35)50-34-49(56-55(57-50)41-15-11-13-36(2)31-41)39-24-22-38(23-25-39)44-28-26-42(32-37(44)3)58-53-21-9-6-18-47(53)48-33-43(27-29-54(48)58)59-51-19-7-4-16-45(51)46-17-5-8-20-52(46)59/h4-34H,1-3H3. The quantitative estimate of drug-likeness (QED) is 0.169. The van der Waals surface area contributed by atoms with Gasteiger partial charge in [0.1, 0.15) is 0 Å². The molecule has 3 aromatic heterocycles. The SMILES string of the molecule is Cc1cccc(-c2cc(-c3ccc(-c4ccc(-n5c6ccccc6c6cc(-n7c8ccccc8c8ccccc87)ccc65)cc4C)cc3)nc(-c3cccc(C)c3)n2)c1. The maximum atomic E-state index is 5.10. The Labute approximate surface area is 343 Å². The lowest BCUT2D eigenvalue weighted by atomic mass is 9.97. The van der Waals surface area contributed by atoms with Crippen LogP contribution in [0.25, 0.3) is 100 Å². The molecule has 8 aromatic carbocycles. The predicted octanol–water partition coefficient (Wildman–Crippen LogP) is 14.3. The first-order valence-corrected chi connectivity index (χ1v) is 20.2. The second-order valence-corrected chi connectivity index (χ2v) is 15.7. The van der Waals surface area contributed by atoms with Crippen molar-refractivity contribution >= 4 is 43.6 Å². The normalized spacial score (nSPS) is 11.6. The van der Waals surface area contributed by atoms with Crippen molar-refractivity contribution in [3.8, 4) is 56.4 Å². The minimum absolute atomic E-state index is 0.728. The zero-order valence-electron chi connectivity index (χ0n) is 33.2. The molecule has 0 radical (unpaired) electrons. The van der Waals surface area contributed by atoms with E-state index in [9.17, 15) is 0 Å². The number of para-hydroxylation sites is 3. The van der Waals surface area contributed by atoms with Gasteiger partial charge in [-0.05, 0) is 104 Å². The number of hydrogen-bond acceptors (Lipinski definition) is 2. The van der Waals surface area contributed by atoms with Crippen molar-refractivity contribution < 1.29 is 0 Å². The van der Waals surface area contributed by atoms with Crippen LogP contribution in [0.3, 0.4) is 0 Å². The van der Waals surface area contributed by atoms with E-state index in [4.69, 9.17) is 9.97 Å². The average Bonchev–Trinajstić information content (AvgIpc) is 3.79. The Hall–Kier alpha value is -7.56. The van der Waals surface area contributed by atoms with Gasteiger partial charge in [0, 0.05) is 49.6 Å². The van der Waals surface area contributed by atoms with Crippen LogP contribution in [0.15, 0.2) is 188 Å². The minimum atomic E-state index is 0.728. The van der Waals surface area contributed by atoms with Gasteiger partial charge in [0.15, 0.2) is 5.82 Å². The Bertz CT molecular complexity index is 3300. The second-order valence-electron chi connectivity index (χ2n) is 15.7. The van der Waals surface area contributed by atoms with Gasteiger partial charge >= 0.3 is 0 Å². The second kappa shape index (κ2) is 13.8. The largest absolute Gasteiger partial charge is 0.309 e. The molecule has 4 nitrogen and oxygen atoms in total. The van der Waals surface area contributed by atoms with Crippen LogP contribution in [0, 0.1) is 20.8 Å². The maximum absolute atomic E-state index is 5.10. The van der Waals surface area contributed by atoms with E-state index in [-0.39, 0.29) is 0 Å². The highest BCUT2D eigenvalue weighted by Crippen LogP contribution is 2.38. The lowest BCUT2D eigenvalue weighted by molar-refractivity contribution is 1.16. The Balaban J connectivity index is 0.969. The summed E-state index contributed by atoms with van der Waals surface area (Å²) in [6.45, 7) is 6.44. The summed E-state index contributed by atoms with van der Waals surface area (Å²) < 4.78 is 4.81. The van der Waals surface area contributed by atoms with Crippen molar-refractivity contribution in [2.45, 2.75) is 20.8 Å². The van der Waals surface area contributed by atoms with Crippen LogP contribution < -0.4 is 0 Å².